The molecule has 0 saturated carbocycles. The first-order valence-corrected chi connectivity index (χ1v) is 12.4. The number of benzene rings is 3. The highest BCUT2D eigenvalue weighted by Crippen LogP contribution is 2.21. The third-order valence-electron chi connectivity index (χ3n) is 5.69. The van der Waals surface area contributed by atoms with Gasteiger partial charge in [-0.15, -0.1) is 0 Å². The van der Waals surface area contributed by atoms with Crippen molar-refractivity contribution >= 4 is 45.6 Å². The normalized spacial score (nSPS) is 13.7. The lowest BCUT2D eigenvalue weighted by molar-refractivity contribution is 1.43. The molecule has 2 aliphatic carbocycles. The molecule has 5 rings (SSSR count). The Labute approximate surface area is 224 Å². The summed E-state index contributed by atoms with van der Waals surface area (Å²) < 4.78 is 0. The van der Waals surface area contributed by atoms with Crippen LogP contribution in [0, 0.1) is 13.8 Å². The van der Waals surface area contributed by atoms with Gasteiger partial charge in [-0.2, -0.15) is 0 Å². The SMILES string of the molecule is CN=C1C=CC(=Nc2ccc(N=C3C=CC(=Nc4ccc(C)cc4)C=C3)cc2)C=C1.Cc1ccc(N)cc1. The van der Waals surface area contributed by atoms with Crippen molar-refractivity contribution in [1.29, 1.82) is 0 Å². The molecule has 0 heterocycles. The van der Waals surface area contributed by atoms with Gasteiger partial charge in [-0.05, 0) is 111 Å². The quantitative estimate of drug-likeness (QED) is 0.291. The molecular formula is C33H31N5. The van der Waals surface area contributed by atoms with E-state index < -0.39 is 0 Å². The molecule has 5 nitrogen and oxygen atoms in total. The molecule has 0 unspecified atom stereocenters. The van der Waals surface area contributed by atoms with Crippen LogP contribution in [0.2, 0.25) is 0 Å². The van der Waals surface area contributed by atoms with Gasteiger partial charge in [0.2, 0.25) is 0 Å². The van der Waals surface area contributed by atoms with E-state index in [1.165, 1.54) is 11.1 Å². The lowest BCUT2D eigenvalue weighted by Crippen LogP contribution is -1.99. The van der Waals surface area contributed by atoms with Crippen molar-refractivity contribution in [3.05, 3.63) is 133 Å². The van der Waals surface area contributed by atoms with Crippen LogP contribution in [0.5, 0.6) is 0 Å². The van der Waals surface area contributed by atoms with Gasteiger partial charge in [0.25, 0.3) is 0 Å². The van der Waals surface area contributed by atoms with Gasteiger partial charge in [0.15, 0.2) is 0 Å². The molecular weight excluding hydrogens is 466 g/mol. The molecule has 38 heavy (non-hydrogen) atoms. The monoisotopic (exact) mass is 497 g/mol. The minimum atomic E-state index is 0.829. The summed E-state index contributed by atoms with van der Waals surface area (Å²) in [6.45, 7) is 4.11. The van der Waals surface area contributed by atoms with E-state index in [1.54, 1.807) is 7.05 Å². The van der Waals surface area contributed by atoms with Gasteiger partial charge >= 0.3 is 0 Å². The second-order valence-corrected chi connectivity index (χ2v) is 8.85. The van der Waals surface area contributed by atoms with Crippen molar-refractivity contribution in [2.24, 2.45) is 20.0 Å². The Kier molecular flexibility index (Phi) is 8.87. The van der Waals surface area contributed by atoms with Crippen LogP contribution in [0.25, 0.3) is 0 Å². The molecule has 0 radical (unpaired) electrons. The molecule has 188 valence electrons. The Morgan fingerprint density at radius 1 is 0.421 bits per heavy atom. The molecule has 0 fully saturated rings. The average Bonchev–Trinajstić information content (AvgIpc) is 2.94. The summed E-state index contributed by atoms with van der Waals surface area (Å²) >= 11 is 0. The molecule has 0 atom stereocenters. The molecule has 0 amide bonds. The lowest BCUT2D eigenvalue weighted by atomic mass is 10.1. The fourth-order valence-electron chi connectivity index (χ4n) is 3.51. The van der Waals surface area contributed by atoms with Crippen molar-refractivity contribution < 1.29 is 0 Å². The zero-order valence-corrected chi connectivity index (χ0v) is 21.9. The smallest absolute Gasteiger partial charge is 0.0638 e. The first kappa shape index (κ1) is 26.2. The van der Waals surface area contributed by atoms with Crippen LogP contribution >= 0.6 is 0 Å². The maximum Gasteiger partial charge on any atom is 0.0638 e. The second kappa shape index (κ2) is 12.9. The van der Waals surface area contributed by atoms with Crippen LogP contribution in [-0.2, 0) is 0 Å². The molecule has 0 aromatic heterocycles. The van der Waals surface area contributed by atoms with Gasteiger partial charge in [0, 0.05) is 12.7 Å². The maximum absolute atomic E-state index is 5.43. The fourth-order valence-corrected chi connectivity index (χ4v) is 3.51. The summed E-state index contributed by atoms with van der Waals surface area (Å²) in [6, 6.07) is 23.8. The Morgan fingerprint density at radius 3 is 1.03 bits per heavy atom. The highest BCUT2D eigenvalue weighted by molar-refractivity contribution is 6.20. The van der Waals surface area contributed by atoms with Gasteiger partial charge in [0.1, 0.15) is 0 Å². The zero-order chi connectivity index (χ0) is 26.7. The standard InChI is InChI=1S/C26H22N4.C7H9N/c1-19-3-5-21(6-4-19)28-23-11-13-25(14-12-23)30-26-17-15-24(16-18-26)29-22-9-7-20(27-2)8-10-22;1-6-2-4-7(8)5-3-6/h3-18H,1-2H3;2-5H,8H2,1H3. The van der Waals surface area contributed by atoms with Gasteiger partial charge in [-0.1, -0.05) is 35.4 Å². The predicted molar refractivity (Wildman–Crippen MR) is 164 cm³/mol. The van der Waals surface area contributed by atoms with E-state index in [1.807, 2.05) is 116 Å². The molecule has 2 aliphatic rings. The number of aliphatic imine (C=N–C) groups is 4. The number of nitrogen functional groups attached to an aromatic ring is 1. The van der Waals surface area contributed by atoms with Crippen molar-refractivity contribution in [3.63, 3.8) is 0 Å². The van der Waals surface area contributed by atoms with Crippen LogP contribution in [0.15, 0.2) is 141 Å². The highest BCUT2D eigenvalue weighted by Gasteiger charge is 2.02. The predicted octanol–water partition coefficient (Wildman–Crippen LogP) is 7.81. The van der Waals surface area contributed by atoms with Crippen LogP contribution < -0.4 is 5.73 Å². The number of anilines is 1. The lowest BCUT2D eigenvalue weighted by Gasteiger charge is -2.04. The highest BCUT2D eigenvalue weighted by atomic mass is 14.8. The molecule has 5 heteroatoms. The van der Waals surface area contributed by atoms with E-state index in [0.29, 0.717) is 0 Å². The van der Waals surface area contributed by atoms with Crippen molar-refractivity contribution in [3.8, 4) is 0 Å². The summed E-state index contributed by atoms with van der Waals surface area (Å²) in [6.07, 6.45) is 15.8. The molecule has 3 aromatic carbocycles. The Hall–Kier alpha value is -4.90. The molecule has 0 saturated heterocycles. The third-order valence-corrected chi connectivity index (χ3v) is 5.69. The molecule has 2 N–H and O–H groups in total. The van der Waals surface area contributed by atoms with E-state index in [4.69, 9.17) is 5.73 Å². The maximum atomic E-state index is 5.43. The number of nitrogens with two attached hydrogens (primary N) is 1. The summed E-state index contributed by atoms with van der Waals surface area (Å²) in [5.74, 6) is 0. The topological polar surface area (TPSA) is 75.5 Å². The van der Waals surface area contributed by atoms with Crippen LogP contribution in [0.3, 0.4) is 0 Å². The van der Waals surface area contributed by atoms with E-state index in [9.17, 15) is 0 Å². The van der Waals surface area contributed by atoms with Gasteiger partial charge in [0.05, 0.1) is 39.9 Å². The minimum absolute atomic E-state index is 0.829. The summed E-state index contributed by atoms with van der Waals surface area (Å²) in [5, 5.41) is 0. The van der Waals surface area contributed by atoms with Crippen LogP contribution in [-0.4, -0.2) is 29.9 Å². The minimum Gasteiger partial charge on any atom is -0.399 e. The largest absolute Gasteiger partial charge is 0.399 e. The summed E-state index contributed by atoms with van der Waals surface area (Å²) in [5.41, 5.74) is 15.1. The Balaban J connectivity index is 0.000000360. The Morgan fingerprint density at radius 2 is 0.711 bits per heavy atom. The van der Waals surface area contributed by atoms with E-state index in [-0.39, 0.29) is 0 Å². The second-order valence-electron chi connectivity index (χ2n) is 8.85. The fraction of sp³-hybridized carbons (Fsp3) is 0.0909. The first-order valence-electron chi connectivity index (χ1n) is 12.4. The average molecular weight is 498 g/mol. The van der Waals surface area contributed by atoms with E-state index in [2.05, 4.69) is 39.0 Å². The van der Waals surface area contributed by atoms with Gasteiger partial charge < -0.3 is 5.73 Å². The van der Waals surface area contributed by atoms with Crippen molar-refractivity contribution in [2.75, 3.05) is 12.8 Å². The van der Waals surface area contributed by atoms with Gasteiger partial charge in [-0.25, -0.2) is 15.0 Å². The number of hydrogen-bond acceptors (Lipinski definition) is 5. The summed E-state index contributed by atoms with van der Waals surface area (Å²) in [4.78, 5) is 18.1. The van der Waals surface area contributed by atoms with E-state index >= 15 is 0 Å². The molecule has 0 spiro atoms. The number of hydrogen-bond donors (Lipinski definition) is 1. The van der Waals surface area contributed by atoms with Crippen molar-refractivity contribution in [1.82, 2.24) is 0 Å². The molecule has 0 bridgehead atoms. The summed E-state index contributed by atoms with van der Waals surface area (Å²) in [7, 11) is 1.78. The number of nitrogens with zero attached hydrogens (tertiary/aromatic N) is 4. The molecule has 0 aliphatic heterocycles. The number of aryl methyl sites for hydroxylation is 2. The van der Waals surface area contributed by atoms with Crippen LogP contribution in [0.4, 0.5) is 22.7 Å². The number of allylic oxidation sites excluding steroid dienone is 8. The zero-order valence-electron chi connectivity index (χ0n) is 21.9. The number of rotatable bonds is 3. The first-order chi connectivity index (χ1) is 18.5. The third kappa shape index (κ3) is 8.07. The van der Waals surface area contributed by atoms with Crippen LogP contribution in [0.1, 0.15) is 11.1 Å². The molecule has 3 aromatic rings. The van der Waals surface area contributed by atoms with E-state index in [0.717, 1.165) is 45.6 Å². The Bertz CT molecular complexity index is 1440. The van der Waals surface area contributed by atoms with Gasteiger partial charge in [-0.3, -0.25) is 4.99 Å². The van der Waals surface area contributed by atoms with Crippen molar-refractivity contribution in [2.45, 2.75) is 13.8 Å².